The molecule has 92 valence electrons. The van der Waals surface area contributed by atoms with E-state index in [0.717, 1.165) is 0 Å². The molecule has 0 aliphatic heterocycles. The Morgan fingerprint density at radius 1 is 0.688 bits per heavy atom. The molecule has 0 bridgehead atoms. The Morgan fingerprint density at radius 2 is 0.750 bits per heavy atom. The summed E-state index contributed by atoms with van der Waals surface area (Å²) in [6.07, 6.45) is 0.667. The smallest absolute Gasteiger partial charge is 0.303 e. The van der Waals surface area contributed by atoms with Crippen LogP contribution in [0.5, 0.6) is 0 Å². The molecule has 0 atom stereocenters. The van der Waals surface area contributed by atoms with Gasteiger partial charge in [0.1, 0.15) is 0 Å². The van der Waals surface area contributed by atoms with Crippen molar-refractivity contribution in [3.05, 3.63) is 0 Å². The molecule has 0 aromatic rings. The molecule has 0 aliphatic carbocycles. The van der Waals surface area contributed by atoms with Crippen molar-refractivity contribution in [3.63, 3.8) is 0 Å². The topological polar surface area (TPSA) is 112 Å². The molecule has 0 aliphatic rings. The fraction of sp³-hybridized carbons (Fsp3) is 0.667. The van der Waals surface area contributed by atoms with Crippen molar-refractivity contribution in [2.24, 2.45) is 0 Å². The van der Waals surface area contributed by atoms with Gasteiger partial charge in [-0.3, -0.25) is 14.4 Å². The Labute approximate surface area is 107 Å². The predicted octanol–water partition coefficient (Wildman–Crippen LogP) is 1.44. The molecule has 6 nitrogen and oxygen atoms in total. The Morgan fingerprint density at radius 3 is 0.750 bits per heavy atom. The molecule has 0 unspecified atom stereocenters. The molecule has 0 amide bonds. The van der Waals surface area contributed by atoms with Crippen LogP contribution in [0.15, 0.2) is 0 Å². The number of carboxylic acids is 3. The standard InChI is InChI=1S/3C3H6O2.Zn/c3*1-2-3(4)5;/h3*2H2,1H3,(H,4,5);. The van der Waals surface area contributed by atoms with Crippen LogP contribution in [0.3, 0.4) is 0 Å². The van der Waals surface area contributed by atoms with E-state index in [1.807, 2.05) is 0 Å². The van der Waals surface area contributed by atoms with Crippen LogP contribution < -0.4 is 0 Å². The average Bonchev–Trinajstić information content (AvgIpc) is 2.19. The minimum Gasteiger partial charge on any atom is -0.481 e. The van der Waals surface area contributed by atoms with Crippen LogP contribution in [0, 0.1) is 0 Å². The van der Waals surface area contributed by atoms with E-state index in [4.69, 9.17) is 15.3 Å². The van der Waals surface area contributed by atoms with E-state index >= 15 is 0 Å². The van der Waals surface area contributed by atoms with Crippen LogP contribution in [-0.4, -0.2) is 33.2 Å². The molecule has 0 rings (SSSR count). The summed E-state index contributed by atoms with van der Waals surface area (Å²) in [5, 5.41) is 23.2. The summed E-state index contributed by atoms with van der Waals surface area (Å²) < 4.78 is 0. The van der Waals surface area contributed by atoms with Crippen molar-refractivity contribution in [1.29, 1.82) is 0 Å². The van der Waals surface area contributed by atoms with Crippen LogP contribution in [0.1, 0.15) is 40.0 Å². The first-order valence-corrected chi connectivity index (χ1v) is 4.47. The predicted molar refractivity (Wildman–Crippen MR) is 53.8 cm³/mol. The molecule has 16 heavy (non-hydrogen) atoms. The largest absolute Gasteiger partial charge is 0.481 e. The number of rotatable bonds is 3. The SMILES string of the molecule is CCC(=O)O.CCC(=O)O.CCC(=O)O.[Zn]. The minimum atomic E-state index is -0.745. The molecule has 0 aromatic heterocycles. The van der Waals surface area contributed by atoms with Gasteiger partial charge < -0.3 is 15.3 Å². The summed E-state index contributed by atoms with van der Waals surface area (Å²) in [6.45, 7) is 4.80. The molecular weight excluding hydrogens is 269 g/mol. The van der Waals surface area contributed by atoms with Gasteiger partial charge >= 0.3 is 17.9 Å². The van der Waals surface area contributed by atoms with Gasteiger partial charge in [0.2, 0.25) is 0 Å². The van der Waals surface area contributed by atoms with Gasteiger partial charge in [0.25, 0.3) is 0 Å². The third-order valence-corrected chi connectivity index (χ3v) is 0.907. The van der Waals surface area contributed by atoms with Gasteiger partial charge in [-0.05, 0) is 0 Å². The second-order valence-electron chi connectivity index (χ2n) is 2.24. The number of carbonyl (C=O) groups is 3. The zero-order chi connectivity index (χ0) is 12.9. The van der Waals surface area contributed by atoms with E-state index in [1.165, 1.54) is 0 Å². The van der Waals surface area contributed by atoms with Gasteiger partial charge in [-0.25, -0.2) is 0 Å². The van der Waals surface area contributed by atoms with Crippen LogP contribution in [0.4, 0.5) is 0 Å². The van der Waals surface area contributed by atoms with E-state index < -0.39 is 17.9 Å². The van der Waals surface area contributed by atoms with E-state index in [-0.39, 0.29) is 38.7 Å². The third-order valence-electron chi connectivity index (χ3n) is 0.907. The maximum Gasteiger partial charge on any atom is 0.303 e. The van der Waals surface area contributed by atoms with E-state index in [2.05, 4.69) is 0 Å². The van der Waals surface area contributed by atoms with Gasteiger partial charge in [-0.2, -0.15) is 0 Å². The molecule has 0 saturated carbocycles. The maximum atomic E-state index is 9.37. The molecule has 3 N–H and O–H groups in total. The fourth-order valence-electron chi connectivity index (χ4n) is 0. The molecule has 0 fully saturated rings. The van der Waals surface area contributed by atoms with Crippen molar-refractivity contribution in [1.82, 2.24) is 0 Å². The zero-order valence-electron chi connectivity index (χ0n) is 9.89. The summed E-state index contributed by atoms with van der Waals surface area (Å²) in [4.78, 5) is 28.1. The van der Waals surface area contributed by atoms with Crippen molar-refractivity contribution in [3.8, 4) is 0 Å². The van der Waals surface area contributed by atoms with Crippen LogP contribution in [0.2, 0.25) is 0 Å². The molecule has 0 aromatic carbocycles. The second-order valence-corrected chi connectivity index (χ2v) is 2.24. The second kappa shape index (κ2) is 19.6. The van der Waals surface area contributed by atoms with Crippen LogP contribution in [0.25, 0.3) is 0 Å². The van der Waals surface area contributed by atoms with Crippen molar-refractivity contribution >= 4 is 17.9 Å². The first-order valence-electron chi connectivity index (χ1n) is 4.47. The number of carboxylic acid groups (broad SMARTS) is 3. The van der Waals surface area contributed by atoms with Gasteiger partial charge in [0, 0.05) is 38.7 Å². The normalized spacial score (nSPS) is 6.94. The number of hydrogen-bond acceptors (Lipinski definition) is 3. The quantitative estimate of drug-likeness (QED) is 0.677. The van der Waals surface area contributed by atoms with E-state index in [0.29, 0.717) is 0 Å². The Hall–Kier alpha value is -0.967. The number of hydrogen-bond donors (Lipinski definition) is 3. The molecular formula is C9H18O6Zn. The van der Waals surface area contributed by atoms with Crippen LogP contribution in [-0.2, 0) is 33.9 Å². The molecule has 0 saturated heterocycles. The summed E-state index contributed by atoms with van der Waals surface area (Å²) in [5.41, 5.74) is 0. The fourth-order valence-corrected chi connectivity index (χ4v) is 0. The first-order chi connectivity index (χ1) is 6.81. The summed E-state index contributed by atoms with van der Waals surface area (Å²) in [5.74, 6) is -2.24. The maximum absolute atomic E-state index is 9.37. The van der Waals surface area contributed by atoms with E-state index in [9.17, 15) is 14.4 Å². The molecule has 0 heterocycles. The van der Waals surface area contributed by atoms with Crippen molar-refractivity contribution in [2.75, 3.05) is 0 Å². The third kappa shape index (κ3) is 74.5. The number of aliphatic carboxylic acids is 3. The summed E-state index contributed by atoms with van der Waals surface area (Å²) in [6, 6.07) is 0. The van der Waals surface area contributed by atoms with Gasteiger partial charge in [0.15, 0.2) is 0 Å². The first kappa shape index (κ1) is 24.3. The van der Waals surface area contributed by atoms with Crippen molar-refractivity contribution < 1.29 is 49.2 Å². The van der Waals surface area contributed by atoms with Gasteiger partial charge in [-0.15, -0.1) is 0 Å². The minimum absolute atomic E-state index is 0. The van der Waals surface area contributed by atoms with E-state index in [1.54, 1.807) is 20.8 Å². The Bertz CT molecular complexity index is 159. The van der Waals surface area contributed by atoms with Crippen molar-refractivity contribution in [2.45, 2.75) is 40.0 Å². The zero-order valence-corrected chi connectivity index (χ0v) is 12.9. The molecule has 0 spiro atoms. The molecule has 0 radical (unpaired) electrons. The Kier molecular flexibility index (Phi) is 29.8. The summed E-state index contributed by atoms with van der Waals surface area (Å²) in [7, 11) is 0. The Balaban J connectivity index is -0.0000000655. The molecule has 7 heteroatoms. The van der Waals surface area contributed by atoms with Crippen LogP contribution >= 0.6 is 0 Å². The van der Waals surface area contributed by atoms with Gasteiger partial charge in [-0.1, -0.05) is 20.8 Å². The van der Waals surface area contributed by atoms with Gasteiger partial charge in [0.05, 0.1) is 0 Å². The summed E-state index contributed by atoms with van der Waals surface area (Å²) >= 11 is 0. The average molecular weight is 288 g/mol. The monoisotopic (exact) mass is 286 g/mol.